The summed E-state index contributed by atoms with van der Waals surface area (Å²) < 4.78 is 7.49. The van der Waals surface area contributed by atoms with E-state index >= 15 is 0 Å². The fraction of sp³-hybridized carbons (Fsp3) is 0.474. The van der Waals surface area contributed by atoms with Crippen LogP contribution in [0.1, 0.15) is 27.2 Å². The van der Waals surface area contributed by atoms with E-state index in [4.69, 9.17) is 4.74 Å². The third-order valence-corrected chi connectivity index (χ3v) is 4.02. The highest BCUT2D eigenvalue weighted by Crippen LogP contribution is 2.27. The van der Waals surface area contributed by atoms with Crippen molar-refractivity contribution < 1.29 is 9.53 Å². The Morgan fingerprint density at radius 2 is 2.11 bits per heavy atom. The van der Waals surface area contributed by atoms with Crippen molar-refractivity contribution in [2.45, 2.75) is 32.8 Å². The van der Waals surface area contributed by atoms with Gasteiger partial charge in [0, 0.05) is 45.5 Å². The van der Waals surface area contributed by atoms with Gasteiger partial charge in [-0.15, -0.1) is 0 Å². The summed E-state index contributed by atoms with van der Waals surface area (Å²) in [5.74, 6) is 0.638. The Balaban J connectivity index is 1.81. The highest BCUT2D eigenvalue weighted by molar-refractivity contribution is 5.89. The number of carbonyl (C=O) groups is 1. The lowest BCUT2D eigenvalue weighted by Gasteiger charge is -2.29. The molecule has 3 rings (SSSR count). The van der Waals surface area contributed by atoms with Crippen molar-refractivity contribution in [1.82, 2.24) is 24.3 Å². The number of carbonyl (C=O) groups excluding carboxylic acids is 1. The first-order chi connectivity index (χ1) is 12.7. The third-order valence-electron chi connectivity index (χ3n) is 4.02. The monoisotopic (exact) mass is 370 g/mol. The Labute approximate surface area is 159 Å². The molecule has 2 aromatic rings. The van der Waals surface area contributed by atoms with Crippen molar-refractivity contribution >= 4 is 35.0 Å². The predicted octanol–water partition coefficient (Wildman–Crippen LogP) is 3.13. The maximum absolute atomic E-state index is 12.2. The van der Waals surface area contributed by atoms with E-state index in [2.05, 4.69) is 15.0 Å². The zero-order chi connectivity index (χ0) is 19.6. The van der Waals surface area contributed by atoms with E-state index in [1.807, 2.05) is 62.7 Å². The Bertz CT molecular complexity index is 891. The first kappa shape index (κ1) is 18.9. The van der Waals surface area contributed by atoms with Crippen molar-refractivity contribution in [3.05, 3.63) is 24.7 Å². The van der Waals surface area contributed by atoms with Gasteiger partial charge in [0.05, 0.1) is 11.7 Å². The normalized spacial score (nSPS) is 15.3. The van der Waals surface area contributed by atoms with Crippen molar-refractivity contribution in [2.24, 2.45) is 4.99 Å². The summed E-state index contributed by atoms with van der Waals surface area (Å²) in [5, 5.41) is 0.895. The first-order valence-electron chi connectivity index (χ1n) is 8.94. The average molecular weight is 370 g/mol. The van der Waals surface area contributed by atoms with Gasteiger partial charge in [-0.3, -0.25) is 0 Å². The minimum Gasteiger partial charge on any atom is -0.444 e. The summed E-state index contributed by atoms with van der Waals surface area (Å²) in [6.07, 6.45) is 7.71. The molecular weight excluding hydrogens is 344 g/mol. The number of rotatable bonds is 3. The van der Waals surface area contributed by atoms with Gasteiger partial charge < -0.3 is 19.1 Å². The van der Waals surface area contributed by atoms with E-state index in [0.29, 0.717) is 18.9 Å². The number of ether oxygens (including phenoxy) is 1. The molecular formula is C19H26N6O2. The second kappa shape index (κ2) is 7.38. The third kappa shape index (κ3) is 4.45. The lowest BCUT2D eigenvalue weighted by molar-refractivity contribution is 0.0269. The molecule has 3 heterocycles. The fourth-order valence-electron chi connectivity index (χ4n) is 2.81. The Kier molecular flexibility index (Phi) is 5.16. The largest absolute Gasteiger partial charge is 0.444 e. The molecule has 1 aliphatic heterocycles. The maximum atomic E-state index is 12.2. The molecule has 0 fully saturated rings. The molecule has 0 N–H and O–H groups in total. The van der Waals surface area contributed by atoms with Crippen LogP contribution in [-0.4, -0.2) is 69.6 Å². The van der Waals surface area contributed by atoms with Crippen LogP contribution in [0.5, 0.6) is 0 Å². The molecule has 1 amide bonds. The molecule has 0 unspecified atom stereocenters. The minimum absolute atomic E-state index is 0.280. The fourth-order valence-corrected chi connectivity index (χ4v) is 2.81. The molecule has 0 radical (unpaired) electrons. The molecule has 0 atom stereocenters. The van der Waals surface area contributed by atoms with Crippen LogP contribution in [0.3, 0.4) is 0 Å². The minimum atomic E-state index is -0.488. The lowest BCUT2D eigenvalue weighted by Crippen LogP contribution is -2.39. The molecule has 8 heteroatoms. The Morgan fingerprint density at radius 3 is 2.74 bits per heavy atom. The van der Waals surface area contributed by atoms with E-state index in [0.717, 1.165) is 23.2 Å². The van der Waals surface area contributed by atoms with Gasteiger partial charge in [0.15, 0.2) is 5.82 Å². The van der Waals surface area contributed by atoms with Gasteiger partial charge in [-0.2, -0.15) is 0 Å². The summed E-state index contributed by atoms with van der Waals surface area (Å²) in [5.41, 5.74) is 1.43. The van der Waals surface area contributed by atoms with E-state index in [-0.39, 0.29) is 6.09 Å². The zero-order valence-electron chi connectivity index (χ0n) is 16.5. The van der Waals surface area contributed by atoms with Crippen molar-refractivity contribution in [3.8, 4) is 0 Å². The predicted molar refractivity (Wildman–Crippen MR) is 106 cm³/mol. The summed E-state index contributed by atoms with van der Waals surface area (Å²) in [4.78, 5) is 28.9. The molecule has 2 aromatic heterocycles. The van der Waals surface area contributed by atoms with Gasteiger partial charge >= 0.3 is 6.09 Å². The number of nitrogens with zero attached hydrogens (tertiary/aromatic N) is 6. The van der Waals surface area contributed by atoms with Crippen LogP contribution in [0.15, 0.2) is 29.7 Å². The van der Waals surface area contributed by atoms with E-state index in [1.54, 1.807) is 11.2 Å². The maximum Gasteiger partial charge on any atom is 0.410 e. The highest BCUT2D eigenvalue weighted by atomic mass is 16.6. The van der Waals surface area contributed by atoms with Crippen LogP contribution < -0.4 is 0 Å². The van der Waals surface area contributed by atoms with Crippen LogP contribution in [0.25, 0.3) is 16.7 Å². The summed E-state index contributed by atoms with van der Waals surface area (Å²) >= 11 is 0. The molecule has 0 spiro atoms. The second-order valence-corrected chi connectivity index (χ2v) is 7.70. The van der Waals surface area contributed by atoms with Crippen molar-refractivity contribution in [2.75, 3.05) is 27.2 Å². The molecule has 0 saturated carbocycles. The van der Waals surface area contributed by atoms with E-state index in [9.17, 15) is 4.79 Å². The first-order valence-corrected chi connectivity index (χ1v) is 8.94. The zero-order valence-corrected chi connectivity index (χ0v) is 16.5. The summed E-state index contributed by atoms with van der Waals surface area (Å²) in [7, 11) is 3.83. The van der Waals surface area contributed by atoms with Gasteiger partial charge in [-0.25, -0.2) is 19.8 Å². The molecule has 0 saturated heterocycles. The van der Waals surface area contributed by atoms with Crippen molar-refractivity contribution in [1.29, 1.82) is 0 Å². The molecule has 0 bridgehead atoms. The Morgan fingerprint density at radius 1 is 1.33 bits per heavy atom. The SMILES string of the molecule is CN(C)C=Nc1ncnc2c1ccn2C1=CCN(C(=O)OC(C)(C)C)CC1. The van der Waals surface area contributed by atoms with Gasteiger partial charge in [0.1, 0.15) is 17.6 Å². The van der Waals surface area contributed by atoms with Crippen LogP contribution in [0.2, 0.25) is 0 Å². The molecule has 1 aliphatic rings. The number of hydrogen-bond donors (Lipinski definition) is 0. The smallest absolute Gasteiger partial charge is 0.410 e. The highest BCUT2D eigenvalue weighted by Gasteiger charge is 2.24. The van der Waals surface area contributed by atoms with Gasteiger partial charge in [-0.05, 0) is 32.9 Å². The number of hydrogen-bond acceptors (Lipinski definition) is 5. The molecule has 0 aliphatic carbocycles. The van der Waals surface area contributed by atoms with Gasteiger partial charge in [0.25, 0.3) is 0 Å². The number of amides is 1. The van der Waals surface area contributed by atoms with Crippen LogP contribution >= 0.6 is 0 Å². The van der Waals surface area contributed by atoms with Crippen LogP contribution in [0.4, 0.5) is 10.6 Å². The van der Waals surface area contributed by atoms with Crippen LogP contribution in [0, 0.1) is 0 Å². The van der Waals surface area contributed by atoms with Gasteiger partial charge in [0.2, 0.25) is 0 Å². The number of fused-ring (bicyclic) bond motifs is 1. The van der Waals surface area contributed by atoms with E-state index < -0.39 is 5.60 Å². The molecule has 27 heavy (non-hydrogen) atoms. The van der Waals surface area contributed by atoms with Gasteiger partial charge in [-0.1, -0.05) is 0 Å². The number of aromatic nitrogens is 3. The van der Waals surface area contributed by atoms with Crippen LogP contribution in [-0.2, 0) is 4.74 Å². The summed E-state index contributed by atoms with van der Waals surface area (Å²) in [6, 6.07) is 1.97. The average Bonchev–Trinajstić information content (AvgIpc) is 3.03. The second-order valence-electron chi connectivity index (χ2n) is 7.70. The Hall–Kier alpha value is -2.90. The lowest BCUT2D eigenvalue weighted by atomic mass is 10.2. The number of aliphatic imine (C=N–C) groups is 1. The quantitative estimate of drug-likeness (QED) is 0.613. The topological polar surface area (TPSA) is 75.9 Å². The molecule has 8 nitrogen and oxygen atoms in total. The van der Waals surface area contributed by atoms with E-state index in [1.165, 1.54) is 6.33 Å². The molecule has 144 valence electrons. The van der Waals surface area contributed by atoms with Crippen molar-refractivity contribution in [3.63, 3.8) is 0 Å². The summed E-state index contributed by atoms with van der Waals surface area (Å²) in [6.45, 7) is 6.74. The molecule has 0 aromatic carbocycles. The standard InChI is InChI=1S/C19H26N6O2/c1-19(2,3)27-18(26)24-9-6-14(7-10-24)25-11-8-15-16(22-13-23(4)5)20-12-21-17(15)25/h6,8,11-13H,7,9-10H2,1-5H3.